The molecule has 3 heterocycles. The number of benzene rings is 1. The Kier molecular flexibility index (Phi) is 5.11. The van der Waals surface area contributed by atoms with E-state index in [1.165, 1.54) is 0 Å². The fraction of sp³-hybridized carbons (Fsp3) is 0.400. The zero-order chi connectivity index (χ0) is 18.6. The van der Waals surface area contributed by atoms with Gasteiger partial charge in [-0.3, -0.25) is 4.79 Å². The Morgan fingerprint density at radius 1 is 1.15 bits per heavy atom. The number of piperidine rings is 1. The van der Waals surface area contributed by atoms with E-state index < -0.39 is 0 Å². The molecule has 27 heavy (non-hydrogen) atoms. The van der Waals surface area contributed by atoms with Gasteiger partial charge in [-0.25, -0.2) is 15.0 Å². The Morgan fingerprint density at radius 2 is 1.93 bits per heavy atom. The molecule has 7 nitrogen and oxygen atoms in total. The van der Waals surface area contributed by atoms with Crippen LogP contribution < -0.4 is 4.90 Å². The second-order valence-corrected chi connectivity index (χ2v) is 6.91. The number of aliphatic hydroxyl groups is 1. The Morgan fingerprint density at radius 3 is 2.67 bits per heavy atom. The first kappa shape index (κ1) is 17.6. The molecule has 1 saturated heterocycles. The van der Waals surface area contributed by atoms with E-state index in [-0.39, 0.29) is 24.5 Å². The van der Waals surface area contributed by atoms with Crippen molar-refractivity contribution in [1.82, 2.24) is 15.0 Å². The SMILES string of the molecule is O=C(C1CCN(c2nccc(CO)n2)CC1)N1N=CCC1c1ccccc1. The summed E-state index contributed by atoms with van der Waals surface area (Å²) < 4.78 is 0. The molecule has 1 fully saturated rings. The molecule has 0 bridgehead atoms. The molecule has 4 rings (SSSR count). The first-order valence-corrected chi connectivity index (χ1v) is 9.34. The van der Waals surface area contributed by atoms with Gasteiger partial charge in [0.1, 0.15) is 0 Å². The molecule has 2 aliphatic rings. The first-order chi connectivity index (χ1) is 13.3. The van der Waals surface area contributed by atoms with E-state index >= 15 is 0 Å². The van der Waals surface area contributed by atoms with E-state index in [0.717, 1.165) is 37.9 Å². The number of aliphatic hydroxyl groups excluding tert-OH is 1. The van der Waals surface area contributed by atoms with Crippen LogP contribution in [-0.2, 0) is 11.4 Å². The van der Waals surface area contributed by atoms with Crippen LogP contribution in [0.3, 0.4) is 0 Å². The van der Waals surface area contributed by atoms with Gasteiger partial charge in [-0.2, -0.15) is 5.10 Å². The van der Waals surface area contributed by atoms with Crippen LogP contribution in [0.25, 0.3) is 0 Å². The van der Waals surface area contributed by atoms with Crippen molar-refractivity contribution in [2.45, 2.75) is 31.9 Å². The molecule has 1 atom stereocenters. The van der Waals surface area contributed by atoms with Gasteiger partial charge in [0, 0.05) is 37.8 Å². The lowest BCUT2D eigenvalue weighted by molar-refractivity contribution is -0.138. The van der Waals surface area contributed by atoms with Crippen molar-refractivity contribution in [2.24, 2.45) is 11.0 Å². The Hall–Kier alpha value is -2.80. The van der Waals surface area contributed by atoms with Crippen molar-refractivity contribution in [3.8, 4) is 0 Å². The van der Waals surface area contributed by atoms with E-state index in [1.807, 2.05) is 36.5 Å². The third kappa shape index (κ3) is 3.68. The molecule has 0 saturated carbocycles. The topological polar surface area (TPSA) is 81.9 Å². The molecule has 0 spiro atoms. The average Bonchev–Trinajstić information content (AvgIpc) is 3.24. The minimum Gasteiger partial charge on any atom is -0.390 e. The molecular formula is C20H23N5O2. The van der Waals surface area contributed by atoms with Crippen LogP contribution in [-0.4, -0.2) is 45.3 Å². The number of carbonyl (C=O) groups excluding carboxylic acids is 1. The lowest BCUT2D eigenvalue weighted by atomic mass is 9.94. The molecule has 2 aliphatic heterocycles. The van der Waals surface area contributed by atoms with E-state index in [9.17, 15) is 9.90 Å². The quantitative estimate of drug-likeness (QED) is 0.898. The molecule has 0 aliphatic carbocycles. The zero-order valence-corrected chi connectivity index (χ0v) is 15.1. The Labute approximate surface area is 158 Å². The number of anilines is 1. The van der Waals surface area contributed by atoms with Gasteiger partial charge >= 0.3 is 0 Å². The van der Waals surface area contributed by atoms with E-state index in [4.69, 9.17) is 0 Å². The standard InChI is InChI=1S/C20H23N5O2/c26-14-17-6-10-21-20(23-17)24-12-8-16(9-13-24)19(27)25-18(7-11-22-25)15-4-2-1-3-5-15/h1-6,10-11,16,18,26H,7-9,12-14H2. The maximum atomic E-state index is 13.1. The van der Waals surface area contributed by atoms with E-state index in [2.05, 4.69) is 20.0 Å². The van der Waals surface area contributed by atoms with E-state index in [1.54, 1.807) is 17.3 Å². The van der Waals surface area contributed by atoms with Crippen LogP contribution in [0.15, 0.2) is 47.7 Å². The molecule has 2 aromatic rings. The lowest BCUT2D eigenvalue weighted by Gasteiger charge is -2.33. The number of hydrogen-bond donors (Lipinski definition) is 1. The maximum absolute atomic E-state index is 13.1. The highest BCUT2D eigenvalue weighted by atomic mass is 16.3. The summed E-state index contributed by atoms with van der Waals surface area (Å²) in [5, 5.41) is 15.3. The van der Waals surface area contributed by atoms with Crippen molar-refractivity contribution in [3.05, 3.63) is 53.9 Å². The average molecular weight is 365 g/mol. The third-order valence-corrected chi connectivity index (χ3v) is 5.23. The minimum atomic E-state index is -0.0989. The molecule has 7 heteroatoms. The minimum absolute atomic E-state index is 0.00120. The smallest absolute Gasteiger partial charge is 0.246 e. The van der Waals surface area contributed by atoms with Gasteiger partial charge in [-0.1, -0.05) is 30.3 Å². The summed E-state index contributed by atoms with van der Waals surface area (Å²) in [5.74, 6) is 0.680. The molecule has 0 radical (unpaired) electrons. The fourth-order valence-corrected chi connectivity index (χ4v) is 3.72. The molecule has 1 N–H and O–H groups in total. The maximum Gasteiger partial charge on any atom is 0.246 e. The van der Waals surface area contributed by atoms with Gasteiger partial charge in [0.25, 0.3) is 0 Å². The van der Waals surface area contributed by atoms with Gasteiger partial charge in [-0.05, 0) is 24.5 Å². The van der Waals surface area contributed by atoms with Gasteiger partial charge in [0.2, 0.25) is 11.9 Å². The highest BCUT2D eigenvalue weighted by molar-refractivity contribution is 5.82. The number of amides is 1. The number of hydrazone groups is 1. The van der Waals surface area contributed by atoms with Crippen molar-refractivity contribution in [3.63, 3.8) is 0 Å². The second kappa shape index (κ2) is 7.84. The number of aromatic nitrogens is 2. The number of carbonyl (C=O) groups is 1. The number of hydrogen-bond acceptors (Lipinski definition) is 6. The molecular weight excluding hydrogens is 342 g/mol. The summed E-state index contributed by atoms with van der Waals surface area (Å²) in [7, 11) is 0. The molecule has 1 aromatic carbocycles. The van der Waals surface area contributed by atoms with Crippen LogP contribution in [0.2, 0.25) is 0 Å². The summed E-state index contributed by atoms with van der Waals surface area (Å²) >= 11 is 0. The number of nitrogens with zero attached hydrogens (tertiary/aromatic N) is 5. The summed E-state index contributed by atoms with van der Waals surface area (Å²) in [6.45, 7) is 1.34. The third-order valence-electron chi connectivity index (χ3n) is 5.23. The Bertz CT molecular complexity index is 818. The summed E-state index contributed by atoms with van der Waals surface area (Å²) in [6, 6.07) is 11.8. The second-order valence-electron chi connectivity index (χ2n) is 6.91. The molecule has 1 aromatic heterocycles. The molecule has 1 unspecified atom stereocenters. The number of rotatable bonds is 4. The monoisotopic (exact) mass is 365 g/mol. The predicted molar refractivity (Wildman–Crippen MR) is 102 cm³/mol. The summed E-state index contributed by atoms with van der Waals surface area (Å²) in [4.78, 5) is 23.8. The van der Waals surface area contributed by atoms with Crippen LogP contribution >= 0.6 is 0 Å². The zero-order valence-electron chi connectivity index (χ0n) is 15.1. The first-order valence-electron chi connectivity index (χ1n) is 9.34. The summed E-state index contributed by atoms with van der Waals surface area (Å²) in [5.41, 5.74) is 1.73. The lowest BCUT2D eigenvalue weighted by Crippen LogP contribution is -2.41. The van der Waals surface area contributed by atoms with Crippen LogP contribution in [0.1, 0.15) is 36.6 Å². The van der Waals surface area contributed by atoms with Crippen LogP contribution in [0.4, 0.5) is 5.95 Å². The Balaban J connectivity index is 1.40. The van der Waals surface area contributed by atoms with Crippen LogP contribution in [0, 0.1) is 5.92 Å². The van der Waals surface area contributed by atoms with Gasteiger partial charge in [-0.15, -0.1) is 0 Å². The molecule has 1 amide bonds. The fourth-order valence-electron chi connectivity index (χ4n) is 3.72. The summed E-state index contributed by atoms with van der Waals surface area (Å²) in [6.07, 6.45) is 5.75. The highest BCUT2D eigenvalue weighted by Gasteiger charge is 2.35. The van der Waals surface area contributed by atoms with Crippen LogP contribution in [0.5, 0.6) is 0 Å². The largest absolute Gasteiger partial charge is 0.390 e. The van der Waals surface area contributed by atoms with Crippen molar-refractivity contribution in [1.29, 1.82) is 0 Å². The van der Waals surface area contributed by atoms with Gasteiger partial charge < -0.3 is 10.0 Å². The normalized spacial score (nSPS) is 20.3. The van der Waals surface area contributed by atoms with Crippen molar-refractivity contribution >= 4 is 18.1 Å². The van der Waals surface area contributed by atoms with E-state index in [0.29, 0.717) is 11.6 Å². The van der Waals surface area contributed by atoms with Gasteiger partial charge in [0.15, 0.2) is 0 Å². The van der Waals surface area contributed by atoms with Gasteiger partial charge in [0.05, 0.1) is 18.3 Å². The highest BCUT2D eigenvalue weighted by Crippen LogP contribution is 2.32. The predicted octanol–water partition coefficient (Wildman–Crippen LogP) is 2.14. The molecule has 140 valence electrons. The van der Waals surface area contributed by atoms with Crippen molar-refractivity contribution < 1.29 is 9.90 Å². The van der Waals surface area contributed by atoms with Crippen molar-refractivity contribution in [2.75, 3.05) is 18.0 Å².